The predicted octanol–water partition coefficient (Wildman–Crippen LogP) is 4.29. The number of benzene rings is 2. The van der Waals surface area contributed by atoms with E-state index in [2.05, 4.69) is 38.3 Å². The Hall–Kier alpha value is -3.23. The number of methoxy groups -OCH3 is 2. The van der Waals surface area contributed by atoms with Gasteiger partial charge in [0.2, 0.25) is 5.95 Å². The first-order chi connectivity index (χ1) is 16.6. The molecule has 0 spiro atoms. The summed E-state index contributed by atoms with van der Waals surface area (Å²) in [5, 5.41) is 3.79. The minimum atomic E-state index is 0.447. The van der Waals surface area contributed by atoms with E-state index in [4.69, 9.17) is 30.8 Å². The first-order valence-corrected chi connectivity index (χ1v) is 11.7. The van der Waals surface area contributed by atoms with Crippen molar-refractivity contribution in [3.63, 3.8) is 0 Å². The molecule has 8 nitrogen and oxygen atoms in total. The molecule has 0 aliphatic carbocycles. The number of halogens is 1. The van der Waals surface area contributed by atoms with Gasteiger partial charge in [0.1, 0.15) is 22.5 Å². The molecule has 0 saturated carbocycles. The maximum Gasteiger partial charge on any atom is 0.230 e. The van der Waals surface area contributed by atoms with Gasteiger partial charge in [-0.25, -0.2) is 4.98 Å². The molecule has 0 amide bonds. The molecule has 0 bridgehead atoms. The second-order valence-corrected chi connectivity index (χ2v) is 8.63. The van der Waals surface area contributed by atoms with Crippen molar-refractivity contribution in [2.24, 2.45) is 0 Å². The van der Waals surface area contributed by atoms with Crippen LogP contribution in [0.1, 0.15) is 11.1 Å². The lowest BCUT2D eigenvalue weighted by molar-refractivity contribution is 0.122. The normalized spacial score (nSPS) is 15.3. The summed E-state index contributed by atoms with van der Waals surface area (Å²) in [6, 6.07) is 14.2. The fourth-order valence-electron chi connectivity index (χ4n) is 4.36. The van der Waals surface area contributed by atoms with Crippen LogP contribution < -0.4 is 24.6 Å². The average Bonchev–Trinajstić information content (AvgIpc) is 3.28. The average molecular weight is 482 g/mol. The first-order valence-electron chi connectivity index (χ1n) is 11.4. The van der Waals surface area contributed by atoms with E-state index in [1.165, 1.54) is 5.56 Å². The van der Waals surface area contributed by atoms with Crippen LogP contribution in [0, 0.1) is 0 Å². The van der Waals surface area contributed by atoms with Crippen LogP contribution in [0.3, 0.4) is 0 Å². The molecule has 1 fully saturated rings. The van der Waals surface area contributed by atoms with E-state index in [1.54, 1.807) is 14.2 Å². The Bertz CT molecular complexity index is 1150. The number of rotatable bonds is 7. The molecule has 0 radical (unpaired) electrons. The molecular weight excluding hydrogens is 454 g/mol. The van der Waals surface area contributed by atoms with E-state index in [9.17, 15) is 0 Å². The summed E-state index contributed by atoms with van der Waals surface area (Å²) >= 11 is 6.57. The summed E-state index contributed by atoms with van der Waals surface area (Å²) in [6.07, 6.45) is 0.822. The van der Waals surface area contributed by atoms with Crippen molar-refractivity contribution >= 4 is 34.7 Å². The lowest BCUT2D eigenvalue weighted by atomic mass is 10.2. The number of hydrogen-bond donors (Lipinski definition) is 1. The molecule has 2 aromatic carbocycles. The number of hydrogen-bond acceptors (Lipinski definition) is 8. The number of aromatic nitrogens is 2. The molecule has 1 N–H and O–H groups in total. The first kappa shape index (κ1) is 22.6. The van der Waals surface area contributed by atoms with Gasteiger partial charge < -0.3 is 29.3 Å². The highest BCUT2D eigenvalue weighted by Crippen LogP contribution is 2.36. The van der Waals surface area contributed by atoms with Gasteiger partial charge >= 0.3 is 0 Å². The van der Waals surface area contributed by atoms with Crippen LogP contribution in [0.2, 0.25) is 5.15 Å². The highest BCUT2D eigenvalue weighted by Gasteiger charge is 2.25. The van der Waals surface area contributed by atoms with Gasteiger partial charge in [-0.1, -0.05) is 23.7 Å². The molecule has 9 heteroatoms. The zero-order valence-corrected chi connectivity index (χ0v) is 20.1. The van der Waals surface area contributed by atoms with Gasteiger partial charge in [-0.15, -0.1) is 0 Å². The molecule has 5 rings (SSSR count). The lowest BCUT2D eigenvalue weighted by Crippen LogP contribution is -2.36. The molecule has 0 atom stereocenters. The molecule has 0 unspecified atom stereocenters. The van der Waals surface area contributed by atoms with Gasteiger partial charge in [-0.05, 0) is 36.2 Å². The Morgan fingerprint density at radius 2 is 1.79 bits per heavy atom. The van der Waals surface area contributed by atoms with E-state index in [-0.39, 0.29) is 0 Å². The topological polar surface area (TPSA) is 72.0 Å². The predicted molar refractivity (Wildman–Crippen MR) is 134 cm³/mol. The van der Waals surface area contributed by atoms with Gasteiger partial charge in [-0.3, -0.25) is 0 Å². The van der Waals surface area contributed by atoms with E-state index in [0.717, 1.165) is 80.1 Å². The van der Waals surface area contributed by atoms with E-state index < -0.39 is 0 Å². The standard InChI is InChI=1S/C25H28ClN5O3/c1-32-19-6-3-17(4-7-19)16-31-10-9-20-23(26)28-25(29-24(20)31)27-21-8-5-18(15-22(21)33-2)30-11-13-34-14-12-30/h3-8,15H,9-14,16H2,1-2H3,(H,27,28,29). The maximum absolute atomic E-state index is 6.57. The number of morpholine rings is 1. The minimum Gasteiger partial charge on any atom is -0.497 e. The largest absolute Gasteiger partial charge is 0.497 e. The molecular formula is C25H28ClN5O3. The van der Waals surface area contributed by atoms with Crippen LogP contribution in [-0.4, -0.2) is 57.0 Å². The fraction of sp³-hybridized carbons (Fsp3) is 0.360. The van der Waals surface area contributed by atoms with Crippen LogP contribution in [0.5, 0.6) is 11.5 Å². The Kier molecular flexibility index (Phi) is 6.60. The molecule has 3 heterocycles. The molecule has 178 valence electrons. The molecule has 1 aromatic heterocycles. The summed E-state index contributed by atoms with van der Waals surface area (Å²) in [7, 11) is 3.33. The van der Waals surface area contributed by atoms with E-state index >= 15 is 0 Å². The Balaban J connectivity index is 1.37. The quantitative estimate of drug-likeness (QED) is 0.501. The van der Waals surface area contributed by atoms with Crippen molar-refractivity contribution in [3.05, 3.63) is 58.7 Å². The van der Waals surface area contributed by atoms with Gasteiger partial charge in [-0.2, -0.15) is 4.98 Å². The summed E-state index contributed by atoms with van der Waals surface area (Å²) in [5.74, 6) is 2.88. The van der Waals surface area contributed by atoms with Crippen molar-refractivity contribution in [2.45, 2.75) is 13.0 Å². The highest BCUT2D eigenvalue weighted by molar-refractivity contribution is 6.30. The van der Waals surface area contributed by atoms with Crippen LogP contribution >= 0.6 is 11.6 Å². The van der Waals surface area contributed by atoms with Gasteiger partial charge in [0, 0.05) is 43.5 Å². The van der Waals surface area contributed by atoms with Gasteiger partial charge in [0.15, 0.2) is 0 Å². The Morgan fingerprint density at radius 1 is 1.00 bits per heavy atom. The van der Waals surface area contributed by atoms with E-state index in [0.29, 0.717) is 11.1 Å². The highest BCUT2D eigenvalue weighted by atomic mass is 35.5. The lowest BCUT2D eigenvalue weighted by Gasteiger charge is -2.29. The SMILES string of the molecule is COc1ccc(CN2CCc3c(Cl)nc(Nc4ccc(N5CCOCC5)cc4OC)nc32)cc1. The number of nitrogens with one attached hydrogen (secondary N) is 1. The molecule has 2 aliphatic rings. The molecule has 2 aliphatic heterocycles. The van der Waals surface area contributed by atoms with Crippen molar-refractivity contribution in [2.75, 3.05) is 62.2 Å². The summed E-state index contributed by atoms with van der Waals surface area (Å²) in [5.41, 5.74) is 4.05. The Morgan fingerprint density at radius 3 is 2.53 bits per heavy atom. The minimum absolute atomic E-state index is 0.447. The van der Waals surface area contributed by atoms with E-state index in [1.807, 2.05) is 24.3 Å². The number of ether oxygens (including phenoxy) is 3. The summed E-state index contributed by atoms with van der Waals surface area (Å²) in [6.45, 7) is 4.78. The zero-order valence-electron chi connectivity index (χ0n) is 19.4. The number of anilines is 4. The summed E-state index contributed by atoms with van der Waals surface area (Å²) < 4.78 is 16.4. The molecule has 34 heavy (non-hydrogen) atoms. The monoisotopic (exact) mass is 481 g/mol. The third kappa shape index (κ3) is 4.69. The van der Waals surface area contributed by atoms with Crippen LogP contribution in [0.25, 0.3) is 0 Å². The smallest absolute Gasteiger partial charge is 0.230 e. The van der Waals surface area contributed by atoms with Crippen molar-refractivity contribution in [1.82, 2.24) is 9.97 Å². The van der Waals surface area contributed by atoms with Crippen LogP contribution in [0.15, 0.2) is 42.5 Å². The third-order valence-corrected chi connectivity index (χ3v) is 6.52. The molecule has 3 aromatic rings. The number of fused-ring (bicyclic) bond motifs is 1. The summed E-state index contributed by atoms with van der Waals surface area (Å²) in [4.78, 5) is 13.8. The van der Waals surface area contributed by atoms with Gasteiger partial charge in [0.25, 0.3) is 0 Å². The van der Waals surface area contributed by atoms with Crippen molar-refractivity contribution in [3.8, 4) is 11.5 Å². The van der Waals surface area contributed by atoms with Crippen LogP contribution in [0.4, 0.5) is 23.1 Å². The second kappa shape index (κ2) is 9.95. The Labute approximate surface area is 204 Å². The molecule has 1 saturated heterocycles. The second-order valence-electron chi connectivity index (χ2n) is 8.27. The third-order valence-electron chi connectivity index (χ3n) is 6.21. The maximum atomic E-state index is 6.57. The van der Waals surface area contributed by atoms with Crippen LogP contribution in [-0.2, 0) is 17.7 Å². The van der Waals surface area contributed by atoms with Crippen molar-refractivity contribution < 1.29 is 14.2 Å². The fourth-order valence-corrected chi connectivity index (χ4v) is 4.62. The van der Waals surface area contributed by atoms with Crippen molar-refractivity contribution in [1.29, 1.82) is 0 Å². The van der Waals surface area contributed by atoms with Gasteiger partial charge in [0.05, 0.1) is 33.1 Å². The number of nitrogens with zero attached hydrogens (tertiary/aromatic N) is 4. The zero-order chi connectivity index (χ0) is 23.5.